The van der Waals surface area contributed by atoms with E-state index in [2.05, 4.69) is 0 Å². The third-order valence-corrected chi connectivity index (χ3v) is 3.70. The molecule has 21 heavy (non-hydrogen) atoms. The maximum atomic E-state index is 12.1. The van der Waals surface area contributed by atoms with Gasteiger partial charge in [0.05, 0.1) is 12.5 Å². The van der Waals surface area contributed by atoms with Gasteiger partial charge in [0.1, 0.15) is 6.61 Å². The van der Waals surface area contributed by atoms with Crippen LogP contribution in [0.1, 0.15) is 18.9 Å². The number of carbonyl (C=O) groups excluding carboxylic acids is 1. The highest BCUT2D eigenvalue weighted by Gasteiger charge is 2.31. The summed E-state index contributed by atoms with van der Waals surface area (Å²) in [6.07, 6.45) is 0.629. The fraction of sp³-hybridized carbons (Fsp3) is 0.500. The number of nitrogens with zero attached hydrogens (tertiary/aromatic N) is 1. The molecule has 0 aliphatic carbocycles. The number of carbonyl (C=O) groups is 2. The van der Waals surface area contributed by atoms with E-state index in [4.69, 9.17) is 9.84 Å². The number of carboxylic acids is 1. The standard InChI is InChI=1S/C16H21NO4/c1-12-7-14(16(19)20)9-17(8-12)15(18)11-21-10-13-5-3-2-4-6-13/h2-6,12,14H,7-11H2,1H3,(H,19,20). The molecule has 1 heterocycles. The highest BCUT2D eigenvalue weighted by atomic mass is 16.5. The second kappa shape index (κ2) is 7.22. The van der Waals surface area contributed by atoms with E-state index < -0.39 is 11.9 Å². The van der Waals surface area contributed by atoms with Gasteiger partial charge in [0, 0.05) is 13.1 Å². The van der Waals surface area contributed by atoms with Gasteiger partial charge >= 0.3 is 5.97 Å². The first-order chi connectivity index (χ1) is 10.1. The molecule has 1 aliphatic heterocycles. The Balaban J connectivity index is 1.81. The molecule has 1 aromatic carbocycles. The van der Waals surface area contributed by atoms with Gasteiger partial charge in [0.15, 0.2) is 0 Å². The van der Waals surface area contributed by atoms with E-state index in [1.807, 2.05) is 37.3 Å². The van der Waals surface area contributed by atoms with Gasteiger partial charge in [-0.25, -0.2) is 0 Å². The van der Waals surface area contributed by atoms with Crippen LogP contribution in [0.25, 0.3) is 0 Å². The van der Waals surface area contributed by atoms with Gasteiger partial charge in [-0.2, -0.15) is 0 Å². The number of rotatable bonds is 5. The molecule has 0 bridgehead atoms. The summed E-state index contributed by atoms with van der Waals surface area (Å²) in [6, 6.07) is 9.65. The summed E-state index contributed by atoms with van der Waals surface area (Å²) in [5, 5.41) is 9.11. The van der Waals surface area contributed by atoms with Crippen LogP contribution in [0.4, 0.5) is 0 Å². The second-order valence-corrected chi connectivity index (χ2v) is 5.65. The Morgan fingerprint density at radius 1 is 1.29 bits per heavy atom. The molecule has 1 N–H and O–H groups in total. The van der Waals surface area contributed by atoms with Crippen LogP contribution in [0.5, 0.6) is 0 Å². The van der Waals surface area contributed by atoms with Gasteiger partial charge in [-0.1, -0.05) is 37.3 Å². The minimum absolute atomic E-state index is 0.00600. The van der Waals surface area contributed by atoms with E-state index in [0.29, 0.717) is 19.6 Å². The number of carboxylic acid groups (broad SMARTS) is 1. The van der Waals surface area contributed by atoms with Gasteiger partial charge in [-0.05, 0) is 17.9 Å². The Morgan fingerprint density at radius 2 is 2.00 bits per heavy atom. The summed E-state index contributed by atoms with van der Waals surface area (Å²) >= 11 is 0. The van der Waals surface area contributed by atoms with Crippen LogP contribution < -0.4 is 0 Å². The molecule has 2 rings (SSSR count). The first-order valence-corrected chi connectivity index (χ1v) is 7.18. The number of likely N-dealkylation sites (tertiary alicyclic amines) is 1. The lowest BCUT2D eigenvalue weighted by atomic mass is 9.90. The molecule has 114 valence electrons. The summed E-state index contributed by atoms with van der Waals surface area (Å²) in [7, 11) is 0. The number of ether oxygens (including phenoxy) is 1. The van der Waals surface area contributed by atoms with Gasteiger partial charge in [0.25, 0.3) is 0 Å². The summed E-state index contributed by atoms with van der Waals surface area (Å²) in [6.45, 7) is 3.25. The summed E-state index contributed by atoms with van der Waals surface area (Å²) < 4.78 is 5.43. The van der Waals surface area contributed by atoms with Crippen molar-refractivity contribution in [2.24, 2.45) is 11.8 Å². The third-order valence-electron chi connectivity index (χ3n) is 3.70. The van der Waals surface area contributed by atoms with Crippen LogP contribution in [0.15, 0.2) is 30.3 Å². The topological polar surface area (TPSA) is 66.8 Å². The van der Waals surface area contributed by atoms with E-state index in [0.717, 1.165) is 5.56 Å². The Bertz CT molecular complexity index is 488. The largest absolute Gasteiger partial charge is 0.481 e. The van der Waals surface area contributed by atoms with Crippen molar-refractivity contribution in [2.75, 3.05) is 19.7 Å². The summed E-state index contributed by atoms with van der Waals surface area (Å²) in [5.74, 6) is -1.22. The Labute approximate surface area is 124 Å². The number of benzene rings is 1. The monoisotopic (exact) mass is 291 g/mol. The molecule has 0 spiro atoms. The van der Waals surface area contributed by atoms with Crippen molar-refractivity contribution in [2.45, 2.75) is 20.0 Å². The average Bonchev–Trinajstić information content (AvgIpc) is 2.47. The number of piperidine rings is 1. The minimum atomic E-state index is -0.829. The fourth-order valence-corrected chi connectivity index (χ4v) is 2.66. The summed E-state index contributed by atoms with van der Waals surface area (Å²) in [5.41, 5.74) is 1.01. The predicted molar refractivity (Wildman–Crippen MR) is 77.6 cm³/mol. The number of hydrogen-bond donors (Lipinski definition) is 1. The van der Waals surface area contributed by atoms with Gasteiger partial charge < -0.3 is 14.7 Å². The van der Waals surface area contributed by atoms with Gasteiger partial charge in [-0.15, -0.1) is 0 Å². The average molecular weight is 291 g/mol. The van der Waals surface area contributed by atoms with Gasteiger partial charge in [-0.3, -0.25) is 9.59 Å². The van der Waals surface area contributed by atoms with E-state index in [9.17, 15) is 9.59 Å². The maximum absolute atomic E-state index is 12.1. The Hall–Kier alpha value is -1.88. The number of aliphatic carboxylic acids is 1. The summed E-state index contributed by atoms with van der Waals surface area (Å²) in [4.78, 5) is 24.8. The van der Waals surface area contributed by atoms with Crippen LogP contribution >= 0.6 is 0 Å². The predicted octanol–water partition coefficient (Wildman–Crippen LogP) is 1.77. The Kier molecular flexibility index (Phi) is 5.33. The van der Waals surface area contributed by atoms with E-state index in [1.165, 1.54) is 0 Å². The maximum Gasteiger partial charge on any atom is 0.308 e. The lowest BCUT2D eigenvalue weighted by Gasteiger charge is -2.34. The molecule has 0 aromatic heterocycles. The molecule has 2 unspecified atom stereocenters. The molecular formula is C16H21NO4. The van der Waals surface area contributed by atoms with Crippen LogP contribution in [0.2, 0.25) is 0 Å². The van der Waals surface area contributed by atoms with Gasteiger partial charge in [0.2, 0.25) is 5.91 Å². The quantitative estimate of drug-likeness (QED) is 0.898. The smallest absolute Gasteiger partial charge is 0.308 e. The molecule has 1 aromatic rings. The van der Waals surface area contributed by atoms with E-state index in [1.54, 1.807) is 4.90 Å². The second-order valence-electron chi connectivity index (χ2n) is 5.65. The zero-order valence-electron chi connectivity index (χ0n) is 12.2. The highest BCUT2D eigenvalue weighted by Crippen LogP contribution is 2.21. The zero-order chi connectivity index (χ0) is 15.2. The van der Waals surface area contributed by atoms with Crippen LogP contribution in [0, 0.1) is 11.8 Å². The van der Waals surface area contributed by atoms with Crippen LogP contribution in [-0.4, -0.2) is 41.6 Å². The van der Waals surface area contributed by atoms with Crippen molar-refractivity contribution in [1.82, 2.24) is 4.90 Å². The molecule has 2 atom stereocenters. The minimum Gasteiger partial charge on any atom is -0.481 e. The molecule has 1 amide bonds. The number of amides is 1. The molecule has 0 saturated carbocycles. The van der Waals surface area contributed by atoms with Crippen molar-refractivity contribution >= 4 is 11.9 Å². The van der Waals surface area contributed by atoms with Crippen molar-refractivity contribution in [1.29, 1.82) is 0 Å². The molecule has 1 aliphatic rings. The first kappa shape index (κ1) is 15.5. The highest BCUT2D eigenvalue weighted by molar-refractivity contribution is 5.79. The zero-order valence-corrected chi connectivity index (χ0v) is 12.2. The third kappa shape index (κ3) is 4.56. The van der Waals surface area contributed by atoms with Crippen molar-refractivity contribution in [3.05, 3.63) is 35.9 Å². The fourth-order valence-electron chi connectivity index (χ4n) is 2.66. The lowest BCUT2D eigenvalue weighted by molar-refractivity contribution is -0.148. The van der Waals surface area contributed by atoms with Crippen LogP contribution in [-0.2, 0) is 20.9 Å². The van der Waals surface area contributed by atoms with Crippen molar-refractivity contribution in [3.8, 4) is 0 Å². The van der Waals surface area contributed by atoms with E-state index in [-0.39, 0.29) is 25.0 Å². The van der Waals surface area contributed by atoms with E-state index >= 15 is 0 Å². The van der Waals surface area contributed by atoms with Crippen LogP contribution in [0.3, 0.4) is 0 Å². The molecule has 5 nitrogen and oxygen atoms in total. The molecule has 5 heteroatoms. The first-order valence-electron chi connectivity index (χ1n) is 7.18. The normalized spacial score (nSPS) is 22.0. The lowest BCUT2D eigenvalue weighted by Crippen LogP contribution is -2.46. The molecular weight excluding hydrogens is 270 g/mol. The molecule has 1 fully saturated rings. The number of hydrogen-bond acceptors (Lipinski definition) is 3. The molecule has 1 saturated heterocycles. The molecule has 0 radical (unpaired) electrons. The van der Waals surface area contributed by atoms with Crippen molar-refractivity contribution < 1.29 is 19.4 Å². The Morgan fingerprint density at radius 3 is 2.67 bits per heavy atom. The van der Waals surface area contributed by atoms with Crippen molar-refractivity contribution in [3.63, 3.8) is 0 Å². The SMILES string of the molecule is CC1CC(C(=O)O)CN(C(=O)COCc2ccccc2)C1.